The predicted molar refractivity (Wildman–Crippen MR) is 101 cm³/mol. The van der Waals surface area contributed by atoms with Gasteiger partial charge in [-0.15, -0.1) is 0 Å². The molecule has 1 aromatic heterocycles. The van der Waals surface area contributed by atoms with Crippen LogP contribution in [0.15, 0.2) is 48.5 Å². The Bertz CT molecular complexity index is 958. The molecule has 0 fully saturated rings. The van der Waals surface area contributed by atoms with E-state index in [9.17, 15) is 4.79 Å². The summed E-state index contributed by atoms with van der Waals surface area (Å²) in [7, 11) is 3.12. The number of rotatable bonds is 5. The van der Waals surface area contributed by atoms with Crippen molar-refractivity contribution >= 4 is 29.0 Å². The van der Waals surface area contributed by atoms with Gasteiger partial charge in [0.05, 0.1) is 31.1 Å². The van der Waals surface area contributed by atoms with E-state index in [0.717, 1.165) is 16.6 Å². The number of methoxy groups -OCH3 is 2. The standard InChI is InChI=1S/C19H18N4O3/c1-25-17-8-13-15(23-19(20)21-11-24)9-14(12-6-4-3-5-7-12)22-16(13)10-18(17)26-2/h3-11H,1-2H3,(H3,20,21,22,23,24). The molecule has 1 amide bonds. The summed E-state index contributed by atoms with van der Waals surface area (Å²) in [5.41, 5.74) is 2.95. The molecule has 3 aromatic rings. The van der Waals surface area contributed by atoms with Crippen LogP contribution in [0.5, 0.6) is 11.5 Å². The Kier molecular flexibility index (Phi) is 4.98. The number of amides is 1. The maximum atomic E-state index is 10.6. The predicted octanol–water partition coefficient (Wildman–Crippen LogP) is 3.01. The molecule has 1 heterocycles. The largest absolute Gasteiger partial charge is 0.493 e. The molecule has 7 heteroatoms. The molecular formula is C19H18N4O3. The first-order chi connectivity index (χ1) is 12.7. The maximum Gasteiger partial charge on any atom is 0.213 e. The summed E-state index contributed by atoms with van der Waals surface area (Å²) in [5.74, 6) is 0.971. The summed E-state index contributed by atoms with van der Waals surface area (Å²) in [6.45, 7) is 0. The number of fused-ring (bicyclic) bond motifs is 1. The topological polar surface area (TPSA) is 96.3 Å². The van der Waals surface area contributed by atoms with Crippen LogP contribution >= 0.6 is 0 Å². The third-order valence-electron chi connectivity index (χ3n) is 3.85. The number of benzene rings is 2. The van der Waals surface area contributed by atoms with E-state index >= 15 is 0 Å². The quantitative estimate of drug-likeness (QED) is 0.373. The van der Waals surface area contributed by atoms with Gasteiger partial charge in [0.25, 0.3) is 0 Å². The molecule has 0 aliphatic rings. The van der Waals surface area contributed by atoms with Crippen molar-refractivity contribution in [3.8, 4) is 22.8 Å². The van der Waals surface area contributed by atoms with Gasteiger partial charge in [0.1, 0.15) is 0 Å². The molecule has 0 radical (unpaired) electrons. The highest BCUT2D eigenvalue weighted by molar-refractivity contribution is 6.05. The Balaban J connectivity index is 2.22. The molecule has 3 rings (SSSR count). The Morgan fingerprint density at radius 2 is 1.77 bits per heavy atom. The molecule has 2 aromatic carbocycles. The van der Waals surface area contributed by atoms with Gasteiger partial charge < -0.3 is 14.8 Å². The van der Waals surface area contributed by atoms with Gasteiger partial charge in [-0.2, -0.15) is 0 Å². The third-order valence-corrected chi connectivity index (χ3v) is 3.85. The fraction of sp³-hybridized carbons (Fsp3) is 0.105. The number of nitrogens with one attached hydrogen (secondary N) is 3. The Morgan fingerprint density at radius 3 is 2.42 bits per heavy atom. The number of guanidine groups is 1. The second-order valence-electron chi connectivity index (χ2n) is 5.41. The minimum absolute atomic E-state index is 0.138. The molecule has 0 unspecified atom stereocenters. The van der Waals surface area contributed by atoms with E-state index in [0.29, 0.717) is 29.1 Å². The summed E-state index contributed by atoms with van der Waals surface area (Å²) in [5, 5.41) is 13.7. The van der Waals surface area contributed by atoms with Crippen LogP contribution in [0.25, 0.3) is 22.2 Å². The van der Waals surface area contributed by atoms with Crippen LogP contribution in [0, 0.1) is 5.41 Å². The smallest absolute Gasteiger partial charge is 0.213 e. The number of hydrogen-bond donors (Lipinski definition) is 3. The van der Waals surface area contributed by atoms with E-state index < -0.39 is 0 Å². The van der Waals surface area contributed by atoms with Gasteiger partial charge >= 0.3 is 0 Å². The summed E-state index contributed by atoms with van der Waals surface area (Å²) in [6.07, 6.45) is 0.445. The van der Waals surface area contributed by atoms with Crippen molar-refractivity contribution in [3.05, 3.63) is 48.5 Å². The van der Waals surface area contributed by atoms with Crippen LogP contribution in [-0.2, 0) is 4.79 Å². The number of carbonyl (C=O) groups excluding carboxylic acids is 1. The highest BCUT2D eigenvalue weighted by Crippen LogP contribution is 2.36. The minimum Gasteiger partial charge on any atom is -0.493 e. The first-order valence-electron chi connectivity index (χ1n) is 7.84. The lowest BCUT2D eigenvalue weighted by Crippen LogP contribution is -2.28. The van der Waals surface area contributed by atoms with E-state index in [1.807, 2.05) is 36.4 Å². The lowest BCUT2D eigenvalue weighted by Gasteiger charge is -2.15. The number of carbonyl (C=O) groups is 1. The molecular weight excluding hydrogens is 332 g/mol. The van der Waals surface area contributed by atoms with Crippen molar-refractivity contribution < 1.29 is 14.3 Å². The zero-order valence-electron chi connectivity index (χ0n) is 14.4. The van der Waals surface area contributed by atoms with Gasteiger partial charge in [-0.3, -0.25) is 15.5 Å². The molecule has 26 heavy (non-hydrogen) atoms. The molecule has 0 saturated heterocycles. The maximum absolute atomic E-state index is 10.6. The Morgan fingerprint density at radius 1 is 1.08 bits per heavy atom. The van der Waals surface area contributed by atoms with Crippen molar-refractivity contribution in [3.63, 3.8) is 0 Å². The van der Waals surface area contributed by atoms with Gasteiger partial charge in [0, 0.05) is 17.0 Å². The van der Waals surface area contributed by atoms with Crippen molar-refractivity contribution in [2.24, 2.45) is 0 Å². The van der Waals surface area contributed by atoms with Crippen LogP contribution in [0.2, 0.25) is 0 Å². The van der Waals surface area contributed by atoms with E-state index in [4.69, 9.17) is 19.9 Å². The molecule has 7 nitrogen and oxygen atoms in total. The number of ether oxygens (including phenoxy) is 2. The summed E-state index contributed by atoms with van der Waals surface area (Å²) >= 11 is 0. The van der Waals surface area contributed by atoms with E-state index in [1.54, 1.807) is 26.4 Å². The molecule has 0 aliphatic heterocycles. The molecule has 0 atom stereocenters. The molecule has 3 N–H and O–H groups in total. The van der Waals surface area contributed by atoms with Crippen LogP contribution in [-0.4, -0.2) is 31.6 Å². The molecule has 132 valence electrons. The SMILES string of the molecule is COc1cc2nc(-c3ccccc3)cc(NC(=N)NC=O)c2cc1OC. The summed E-state index contributed by atoms with van der Waals surface area (Å²) < 4.78 is 10.7. The number of anilines is 1. The summed E-state index contributed by atoms with van der Waals surface area (Å²) in [6, 6.07) is 15.1. The van der Waals surface area contributed by atoms with Crippen molar-refractivity contribution in [1.82, 2.24) is 10.3 Å². The second-order valence-corrected chi connectivity index (χ2v) is 5.41. The van der Waals surface area contributed by atoms with Crippen molar-refractivity contribution in [2.75, 3.05) is 19.5 Å². The van der Waals surface area contributed by atoms with Gasteiger partial charge in [0.15, 0.2) is 17.5 Å². The van der Waals surface area contributed by atoms with Crippen molar-refractivity contribution in [2.45, 2.75) is 0 Å². The fourth-order valence-electron chi connectivity index (χ4n) is 2.64. The number of nitrogens with zero attached hydrogens (tertiary/aromatic N) is 1. The molecule has 0 spiro atoms. The molecule has 0 bridgehead atoms. The zero-order chi connectivity index (χ0) is 18.5. The minimum atomic E-state index is -0.138. The normalized spacial score (nSPS) is 10.2. The number of aromatic nitrogens is 1. The average molecular weight is 350 g/mol. The summed E-state index contributed by atoms with van der Waals surface area (Å²) in [4.78, 5) is 15.3. The lowest BCUT2D eigenvalue weighted by molar-refractivity contribution is -0.108. The first kappa shape index (κ1) is 17.2. The van der Waals surface area contributed by atoms with Crippen LogP contribution in [0.3, 0.4) is 0 Å². The first-order valence-corrected chi connectivity index (χ1v) is 7.84. The highest BCUT2D eigenvalue weighted by Gasteiger charge is 2.13. The van der Waals surface area contributed by atoms with E-state index in [-0.39, 0.29) is 5.96 Å². The van der Waals surface area contributed by atoms with Gasteiger partial charge in [-0.25, -0.2) is 4.98 Å². The second kappa shape index (κ2) is 7.52. The van der Waals surface area contributed by atoms with E-state index in [2.05, 4.69) is 10.6 Å². The molecule has 0 aliphatic carbocycles. The van der Waals surface area contributed by atoms with Gasteiger partial charge in [0.2, 0.25) is 6.41 Å². The Hall–Kier alpha value is -3.61. The van der Waals surface area contributed by atoms with E-state index in [1.165, 1.54) is 0 Å². The van der Waals surface area contributed by atoms with Crippen LogP contribution in [0.1, 0.15) is 0 Å². The highest BCUT2D eigenvalue weighted by atomic mass is 16.5. The lowest BCUT2D eigenvalue weighted by atomic mass is 10.1. The molecule has 0 saturated carbocycles. The van der Waals surface area contributed by atoms with Crippen molar-refractivity contribution in [1.29, 1.82) is 5.41 Å². The monoisotopic (exact) mass is 350 g/mol. The Labute approximate surface area is 150 Å². The number of pyridine rings is 1. The van der Waals surface area contributed by atoms with Gasteiger partial charge in [-0.1, -0.05) is 30.3 Å². The fourth-order valence-corrected chi connectivity index (χ4v) is 2.64. The zero-order valence-corrected chi connectivity index (χ0v) is 14.4. The van der Waals surface area contributed by atoms with Crippen LogP contribution in [0.4, 0.5) is 5.69 Å². The van der Waals surface area contributed by atoms with Gasteiger partial charge in [-0.05, 0) is 12.1 Å². The number of hydrogen-bond acceptors (Lipinski definition) is 5. The third kappa shape index (κ3) is 3.41. The van der Waals surface area contributed by atoms with Crippen LogP contribution < -0.4 is 20.1 Å². The average Bonchev–Trinajstić information content (AvgIpc) is 2.67.